The fourth-order valence-electron chi connectivity index (χ4n) is 2.88. The van der Waals surface area contributed by atoms with Gasteiger partial charge in [0.05, 0.1) is 22.5 Å². The van der Waals surface area contributed by atoms with E-state index in [0.717, 1.165) is 24.1 Å². The average molecular weight is 450 g/mol. The van der Waals surface area contributed by atoms with Gasteiger partial charge in [-0.25, -0.2) is 9.67 Å². The van der Waals surface area contributed by atoms with Gasteiger partial charge in [0.1, 0.15) is 9.88 Å². The lowest BCUT2D eigenvalue weighted by molar-refractivity contribution is 0.0898. The summed E-state index contributed by atoms with van der Waals surface area (Å²) in [6, 6.07) is 0. The number of hydrogen-bond donors (Lipinski definition) is 2. The number of halogens is 2. The molecule has 1 amide bonds. The van der Waals surface area contributed by atoms with Gasteiger partial charge < -0.3 is 11.1 Å². The highest BCUT2D eigenvalue weighted by atomic mass is 35.5. The second-order valence-corrected chi connectivity index (χ2v) is 7.59. The van der Waals surface area contributed by atoms with E-state index in [0.29, 0.717) is 27.7 Å². The van der Waals surface area contributed by atoms with Gasteiger partial charge >= 0.3 is 0 Å². The smallest absolute Gasteiger partial charge is 0.277 e. The predicted octanol–water partition coefficient (Wildman–Crippen LogP) is 2.92. The minimum atomic E-state index is -0.424. The van der Waals surface area contributed by atoms with Crippen LogP contribution in [-0.4, -0.2) is 32.8 Å². The van der Waals surface area contributed by atoms with Crippen molar-refractivity contribution in [2.75, 3.05) is 6.54 Å². The van der Waals surface area contributed by atoms with E-state index in [9.17, 15) is 9.59 Å². The van der Waals surface area contributed by atoms with Gasteiger partial charge in [0.25, 0.3) is 11.5 Å². The van der Waals surface area contributed by atoms with E-state index < -0.39 is 5.54 Å². The van der Waals surface area contributed by atoms with Crippen molar-refractivity contribution in [3.05, 3.63) is 32.2 Å². The van der Waals surface area contributed by atoms with E-state index in [1.807, 2.05) is 27.7 Å². The van der Waals surface area contributed by atoms with Gasteiger partial charge in [-0.2, -0.15) is 5.10 Å². The number of thiazole rings is 1. The molecule has 7 nitrogen and oxygen atoms in total. The number of rotatable bonds is 6. The number of amides is 1. The molecule has 0 aromatic carbocycles. The molecule has 0 fully saturated rings. The average Bonchev–Trinajstić information content (AvgIpc) is 2.99. The van der Waals surface area contributed by atoms with Crippen LogP contribution in [-0.2, 0) is 7.05 Å². The molecule has 0 saturated heterocycles. The van der Waals surface area contributed by atoms with Crippen LogP contribution in [0, 0.1) is 20.8 Å². The lowest BCUT2D eigenvalue weighted by atomic mass is 9.93. The molecule has 2 aromatic rings. The van der Waals surface area contributed by atoms with Crippen LogP contribution < -0.4 is 16.6 Å². The molecule has 0 bridgehead atoms. The number of nitrogens with zero attached hydrogens (tertiary/aromatic N) is 3. The number of hydrogen-bond acceptors (Lipinski definition) is 6. The van der Waals surface area contributed by atoms with Crippen LogP contribution in [0.2, 0.25) is 0 Å². The SMILES string of the molecule is CCC(CC)(CN)NC(=O)c1sc(-c2c(C)c(C)nn(C)c2=O)nc1C.Cl.Cl. The third-order valence-corrected chi connectivity index (χ3v) is 6.24. The second-order valence-electron chi connectivity index (χ2n) is 6.59. The number of nitrogens with two attached hydrogens (primary N) is 1. The van der Waals surface area contributed by atoms with Crippen LogP contribution in [0.4, 0.5) is 0 Å². The van der Waals surface area contributed by atoms with Crippen molar-refractivity contribution in [3.63, 3.8) is 0 Å². The van der Waals surface area contributed by atoms with Crippen LogP contribution >= 0.6 is 36.2 Å². The van der Waals surface area contributed by atoms with Crippen LogP contribution in [0.3, 0.4) is 0 Å². The summed E-state index contributed by atoms with van der Waals surface area (Å²) in [7, 11) is 1.62. The molecule has 0 aliphatic rings. The maximum Gasteiger partial charge on any atom is 0.277 e. The van der Waals surface area contributed by atoms with Crippen molar-refractivity contribution in [2.45, 2.75) is 53.0 Å². The van der Waals surface area contributed by atoms with Crippen LogP contribution in [0.1, 0.15) is 53.3 Å². The fraction of sp³-hybridized carbons (Fsp3) is 0.556. The van der Waals surface area contributed by atoms with Gasteiger partial charge in [0, 0.05) is 13.6 Å². The van der Waals surface area contributed by atoms with E-state index in [1.165, 1.54) is 16.0 Å². The Hall–Kier alpha value is -1.48. The van der Waals surface area contributed by atoms with Gasteiger partial charge in [0.15, 0.2) is 0 Å². The summed E-state index contributed by atoms with van der Waals surface area (Å²) in [5, 5.41) is 7.80. The molecule has 3 N–H and O–H groups in total. The highest BCUT2D eigenvalue weighted by Gasteiger charge is 2.29. The molecular formula is C18H29Cl2N5O2S. The monoisotopic (exact) mass is 449 g/mol. The fourth-order valence-corrected chi connectivity index (χ4v) is 3.93. The van der Waals surface area contributed by atoms with E-state index in [-0.39, 0.29) is 36.3 Å². The minimum absolute atomic E-state index is 0. The molecule has 0 aliphatic heterocycles. The Balaban J connectivity index is 0.00000364. The van der Waals surface area contributed by atoms with Crippen LogP contribution in [0.15, 0.2) is 4.79 Å². The zero-order valence-corrected chi connectivity index (χ0v) is 19.5. The quantitative estimate of drug-likeness (QED) is 0.705. The maximum atomic E-state index is 12.8. The standard InChI is InChI=1S/C18H27N5O2S.2ClH/c1-7-18(8-2,9-19)21-15(24)14-12(5)20-16(26-14)13-10(3)11(4)22-23(6)17(13)25;;/h7-9,19H2,1-6H3,(H,21,24);2*1H. The summed E-state index contributed by atoms with van der Waals surface area (Å²) >= 11 is 1.23. The van der Waals surface area contributed by atoms with Crippen molar-refractivity contribution in [2.24, 2.45) is 12.8 Å². The van der Waals surface area contributed by atoms with Gasteiger partial charge in [-0.1, -0.05) is 13.8 Å². The van der Waals surface area contributed by atoms with Crippen LogP contribution in [0.25, 0.3) is 10.6 Å². The Labute approximate surface area is 181 Å². The molecule has 0 atom stereocenters. The van der Waals surface area contributed by atoms with Crippen molar-refractivity contribution < 1.29 is 4.79 Å². The normalized spacial score (nSPS) is 10.8. The molecule has 2 heterocycles. The molecule has 0 radical (unpaired) electrons. The molecule has 0 aliphatic carbocycles. The van der Waals surface area contributed by atoms with Crippen molar-refractivity contribution in [3.8, 4) is 10.6 Å². The predicted molar refractivity (Wildman–Crippen MR) is 119 cm³/mol. The number of aryl methyl sites for hydroxylation is 3. The molecule has 158 valence electrons. The Morgan fingerprint density at radius 3 is 2.25 bits per heavy atom. The van der Waals surface area contributed by atoms with Crippen molar-refractivity contribution in [1.29, 1.82) is 0 Å². The maximum absolute atomic E-state index is 12.8. The summed E-state index contributed by atoms with van der Waals surface area (Å²) in [6.07, 6.45) is 1.50. The van der Waals surface area contributed by atoms with Crippen LogP contribution in [0.5, 0.6) is 0 Å². The van der Waals surface area contributed by atoms with Gasteiger partial charge in [-0.3, -0.25) is 9.59 Å². The first-order valence-electron chi connectivity index (χ1n) is 8.74. The lowest BCUT2D eigenvalue weighted by Gasteiger charge is -2.31. The molecule has 0 saturated carbocycles. The highest BCUT2D eigenvalue weighted by molar-refractivity contribution is 7.17. The topological polar surface area (TPSA) is 103 Å². The lowest BCUT2D eigenvalue weighted by Crippen LogP contribution is -2.52. The Morgan fingerprint density at radius 2 is 1.75 bits per heavy atom. The zero-order chi connectivity index (χ0) is 19.6. The number of carbonyl (C=O) groups is 1. The Kier molecular flexibility index (Phi) is 9.79. The van der Waals surface area contributed by atoms with E-state index >= 15 is 0 Å². The molecule has 2 rings (SSSR count). The van der Waals surface area contributed by atoms with E-state index in [2.05, 4.69) is 15.4 Å². The number of nitrogens with one attached hydrogen (secondary N) is 1. The minimum Gasteiger partial charge on any atom is -0.345 e. The number of aromatic nitrogens is 3. The molecule has 28 heavy (non-hydrogen) atoms. The van der Waals surface area contributed by atoms with Crippen molar-refractivity contribution >= 4 is 42.1 Å². The molecule has 2 aromatic heterocycles. The Bertz CT molecular complexity index is 883. The first-order chi connectivity index (χ1) is 12.2. The number of carbonyl (C=O) groups excluding carboxylic acids is 1. The molecule has 0 unspecified atom stereocenters. The highest BCUT2D eigenvalue weighted by Crippen LogP contribution is 2.29. The summed E-state index contributed by atoms with van der Waals surface area (Å²) in [5.74, 6) is -0.194. The second kappa shape index (κ2) is 10.3. The Morgan fingerprint density at radius 1 is 1.18 bits per heavy atom. The molecule has 0 spiro atoms. The molecule has 10 heteroatoms. The first kappa shape index (κ1) is 26.5. The third kappa shape index (κ3) is 4.92. The van der Waals surface area contributed by atoms with Crippen molar-refractivity contribution in [1.82, 2.24) is 20.1 Å². The summed E-state index contributed by atoms with van der Waals surface area (Å²) < 4.78 is 1.31. The summed E-state index contributed by atoms with van der Waals surface area (Å²) in [5.41, 5.74) is 7.90. The van der Waals surface area contributed by atoms with E-state index in [1.54, 1.807) is 14.0 Å². The van der Waals surface area contributed by atoms with Gasteiger partial charge in [-0.05, 0) is 39.2 Å². The summed E-state index contributed by atoms with van der Waals surface area (Å²) in [4.78, 5) is 30.4. The van der Waals surface area contributed by atoms with Gasteiger partial charge in [-0.15, -0.1) is 36.2 Å². The van der Waals surface area contributed by atoms with E-state index in [4.69, 9.17) is 5.73 Å². The summed E-state index contributed by atoms with van der Waals surface area (Å²) in [6.45, 7) is 9.88. The first-order valence-corrected chi connectivity index (χ1v) is 9.56. The third-order valence-electron chi connectivity index (χ3n) is 5.07. The zero-order valence-electron chi connectivity index (χ0n) is 17.1. The largest absolute Gasteiger partial charge is 0.345 e. The molecular weight excluding hydrogens is 421 g/mol. The van der Waals surface area contributed by atoms with Gasteiger partial charge in [0.2, 0.25) is 0 Å².